The number of anilines is 1. The molecule has 2 bridgehead atoms. The summed E-state index contributed by atoms with van der Waals surface area (Å²) in [5.74, 6) is -2.77. The normalized spacial score (nSPS) is 27.3. The van der Waals surface area contributed by atoms with Crippen molar-refractivity contribution in [1.29, 1.82) is 5.26 Å². The monoisotopic (exact) mass is 549 g/mol. The molecule has 12 heteroatoms. The Labute approximate surface area is 229 Å². The summed E-state index contributed by atoms with van der Waals surface area (Å²) >= 11 is 0. The summed E-state index contributed by atoms with van der Waals surface area (Å²) in [5.41, 5.74) is 2.13. The molecule has 8 rings (SSSR count). The van der Waals surface area contributed by atoms with Crippen LogP contribution in [-0.4, -0.2) is 98.3 Å². The summed E-state index contributed by atoms with van der Waals surface area (Å²) in [6.07, 6.45) is 6.62. The lowest BCUT2D eigenvalue weighted by Crippen LogP contribution is -2.72. The first-order valence-electron chi connectivity index (χ1n) is 13.5. The van der Waals surface area contributed by atoms with Gasteiger partial charge in [0.05, 0.1) is 41.2 Å². The van der Waals surface area contributed by atoms with E-state index >= 15 is 0 Å². The van der Waals surface area contributed by atoms with Crippen molar-refractivity contribution in [2.24, 2.45) is 5.92 Å². The number of fused-ring (bicyclic) bond motifs is 4. The van der Waals surface area contributed by atoms with Crippen LogP contribution in [0, 0.1) is 17.2 Å². The molecule has 40 heavy (non-hydrogen) atoms. The molecule has 3 aromatic rings. The van der Waals surface area contributed by atoms with Crippen LogP contribution in [-0.2, 0) is 4.79 Å². The number of piperidine rings is 2. The second-order valence-corrected chi connectivity index (χ2v) is 11.6. The topological polar surface area (TPSA) is 110 Å². The number of β-amino-alcohol motifs (C(OH)–C–C–N with tert-alkyl or cyclic N) is 1. The molecule has 1 saturated carbocycles. The fraction of sp³-hybridized carbons (Fsp3) is 0.500. The standard InChI is InChI=1S/C28H29F2N7O3/c1-27(29,30)26(38)37-20-6-21(37)14-35(13-20)24-3-2-17(10-32-24)23-7-22(15-36-25(23)18(9-31)11-33-36)40-5-4-34-12-19-8-28(19,39)16-34/h2-3,7,10-11,15,19-21,39H,4-6,8,12-14,16H2,1H3. The smallest absolute Gasteiger partial charge is 0.322 e. The Balaban J connectivity index is 1.08. The predicted octanol–water partition coefficient (Wildman–Crippen LogP) is 2.16. The summed E-state index contributed by atoms with van der Waals surface area (Å²) < 4.78 is 34.9. The summed E-state index contributed by atoms with van der Waals surface area (Å²) in [6.45, 7) is 4.30. The molecule has 1 amide bonds. The Morgan fingerprint density at radius 3 is 2.73 bits per heavy atom. The first kappa shape index (κ1) is 25.2. The molecule has 10 nitrogen and oxygen atoms in total. The van der Waals surface area contributed by atoms with E-state index in [1.54, 1.807) is 16.9 Å². The van der Waals surface area contributed by atoms with Gasteiger partial charge in [-0.05, 0) is 31.0 Å². The van der Waals surface area contributed by atoms with Gasteiger partial charge in [0.2, 0.25) is 0 Å². The van der Waals surface area contributed by atoms with Crippen LogP contribution < -0.4 is 9.64 Å². The highest BCUT2D eigenvalue weighted by Crippen LogP contribution is 2.49. The fourth-order valence-electron chi connectivity index (χ4n) is 6.59. The van der Waals surface area contributed by atoms with Crippen LogP contribution in [0.25, 0.3) is 16.6 Å². The Morgan fingerprint density at radius 1 is 1.27 bits per heavy atom. The molecule has 4 saturated heterocycles. The zero-order valence-electron chi connectivity index (χ0n) is 22.0. The molecule has 4 unspecified atom stereocenters. The van der Waals surface area contributed by atoms with E-state index in [1.807, 2.05) is 23.1 Å². The molecule has 4 aliphatic heterocycles. The minimum Gasteiger partial charge on any atom is -0.491 e. The zero-order valence-corrected chi connectivity index (χ0v) is 22.0. The van der Waals surface area contributed by atoms with Crippen molar-refractivity contribution >= 4 is 17.2 Å². The first-order valence-corrected chi connectivity index (χ1v) is 13.5. The average Bonchev–Trinajstić information content (AvgIpc) is 3.22. The zero-order chi connectivity index (χ0) is 27.8. The van der Waals surface area contributed by atoms with Crippen LogP contribution in [0.2, 0.25) is 0 Å². The number of hydrogen-bond donors (Lipinski definition) is 1. The Hall–Kier alpha value is -3.82. The minimum absolute atomic E-state index is 0.244. The van der Waals surface area contributed by atoms with Crippen LogP contribution in [0.15, 0.2) is 36.8 Å². The third-order valence-electron chi connectivity index (χ3n) is 8.75. The van der Waals surface area contributed by atoms with Gasteiger partial charge in [0.25, 0.3) is 5.91 Å². The fourth-order valence-corrected chi connectivity index (χ4v) is 6.59. The number of likely N-dealkylation sites (tertiary alicyclic amines) is 1. The number of aromatic nitrogens is 3. The summed E-state index contributed by atoms with van der Waals surface area (Å²) in [4.78, 5) is 22.3. The van der Waals surface area contributed by atoms with Gasteiger partial charge >= 0.3 is 5.92 Å². The van der Waals surface area contributed by atoms with E-state index in [4.69, 9.17) is 4.74 Å². The van der Waals surface area contributed by atoms with Crippen molar-refractivity contribution in [3.63, 3.8) is 0 Å². The van der Waals surface area contributed by atoms with Crippen molar-refractivity contribution in [2.75, 3.05) is 44.2 Å². The van der Waals surface area contributed by atoms with Gasteiger partial charge in [0, 0.05) is 62.9 Å². The number of carbonyl (C=O) groups is 1. The molecule has 7 heterocycles. The number of carbonyl (C=O) groups excluding carboxylic acids is 1. The minimum atomic E-state index is -3.37. The van der Waals surface area contributed by atoms with Crippen LogP contribution in [0.4, 0.5) is 14.6 Å². The van der Waals surface area contributed by atoms with Crippen molar-refractivity contribution < 1.29 is 23.4 Å². The summed E-state index contributed by atoms with van der Waals surface area (Å²) in [6, 6.07) is 7.38. The molecule has 5 fully saturated rings. The van der Waals surface area contributed by atoms with Gasteiger partial charge < -0.3 is 19.6 Å². The number of aliphatic hydroxyl groups is 1. The van der Waals surface area contributed by atoms with E-state index in [0.29, 0.717) is 68.3 Å². The molecular formula is C28H29F2N7O3. The number of ether oxygens (including phenoxy) is 1. The lowest BCUT2D eigenvalue weighted by atomic mass is 9.86. The molecule has 1 aliphatic carbocycles. The largest absolute Gasteiger partial charge is 0.491 e. The van der Waals surface area contributed by atoms with Gasteiger partial charge in [-0.3, -0.25) is 9.69 Å². The molecular weight excluding hydrogens is 520 g/mol. The second-order valence-electron chi connectivity index (χ2n) is 11.6. The van der Waals surface area contributed by atoms with Crippen LogP contribution >= 0.6 is 0 Å². The van der Waals surface area contributed by atoms with Crippen molar-refractivity contribution in [3.05, 3.63) is 42.4 Å². The van der Waals surface area contributed by atoms with Crippen LogP contribution in [0.3, 0.4) is 0 Å². The number of pyridine rings is 2. The van der Waals surface area contributed by atoms with Gasteiger partial charge in [0.1, 0.15) is 24.2 Å². The van der Waals surface area contributed by atoms with Crippen LogP contribution in [0.1, 0.15) is 25.3 Å². The number of nitriles is 1. The van der Waals surface area contributed by atoms with Gasteiger partial charge in [-0.1, -0.05) is 0 Å². The summed E-state index contributed by atoms with van der Waals surface area (Å²) in [7, 11) is 0. The van der Waals surface area contributed by atoms with Gasteiger partial charge in [-0.2, -0.15) is 19.1 Å². The maximum absolute atomic E-state index is 13.6. The molecule has 4 atom stereocenters. The van der Waals surface area contributed by atoms with E-state index in [2.05, 4.69) is 21.1 Å². The number of nitrogens with zero attached hydrogens (tertiary/aromatic N) is 7. The molecule has 0 aromatic carbocycles. The summed E-state index contributed by atoms with van der Waals surface area (Å²) in [5, 5.41) is 24.3. The Morgan fingerprint density at radius 2 is 2.08 bits per heavy atom. The highest BCUT2D eigenvalue weighted by atomic mass is 19.3. The average molecular weight is 550 g/mol. The van der Waals surface area contributed by atoms with E-state index in [-0.39, 0.29) is 12.1 Å². The second kappa shape index (κ2) is 8.84. The molecule has 5 aliphatic rings. The van der Waals surface area contributed by atoms with Gasteiger partial charge in [-0.15, -0.1) is 0 Å². The number of amides is 1. The number of alkyl halides is 2. The molecule has 1 N–H and O–H groups in total. The lowest BCUT2D eigenvalue weighted by Gasteiger charge is -2.56. The van der Waals surface area contributed by atoms with E-state index in [0.717, 1.165) is 30.5 Å². The number of hydrogen-bond acceptors (Lipinski definition) is 8. The highest BCUT2D eigenvalue weighted by Gasteiger charge is 2.58. The SMILES string of the molecule is CC(F)(F)C(=O)N1C2CC1CN(c1ccc(-c3cc(OCCN4CC5CC5(O)C4)cn4ncc(C#N)c34)cn1)C2. The number of piperazine rings is 1. The van der Waals surface area contributed by atoms with Gasteiger partial charge in [0.15, 0.2) is 0 Å². The molecule has 208 valence electrons. The van der Waals surface area contributed by atoms with Crippen molar-refractivity contribution in [2.45, 2.75) is 43.4 Å². The van der Waals surface area contributed by atoms with E-state index in [1.165, 1.54) is 11.1 Å². The highest BCUT2D eigenvalue weighted by molar-refractivity contribution is 5.86. The number of rotatable bonds is 7. The predicted molar refractivity (Wildman–Crippen MR) is 140 cm³/mol. The van der Waals surface area contributed by atoms with E-state index in [9.17, 15) is 23.9 Å². The van der Waals surface area contributed by atoms with Crippen molar-refractivity contribution in [3.8, 4) is 22.9 Å². The molecule has 0 radical (unpaired) electrons. The lowest BCUT2D eigenvalue weighted by molar-refractivity contribution is -0.170. The quantitative estimate of drug-likeness (QED) is 0.478. The Bertz CT molecular complexity index is 1520. The van der Waals surface area contributed by atoms with Crippen LogP contribution in [0.5, 0.6) is 5.75 Å². The molecule has 0 spiro atoms. The Kier molecular flexibility index (Phi) is 5.56. The third-order valence-corrected chi connectivity index (χ3v) is 8.75. The van der Waals surface area contributed by atoms with E-state index < -0.39 is 17.4 Å². The molecule has 3 aromatic heterocycles. The maximum Gasteiger partial charge on any atom is 0.322 e. The van der Waals surface area contributed by atoms with Gasteiger partial charge in [-0.25, -0.2) is 9.50 Å². The number of halogens is 2. The third kappa shape index (κ3) is 4.15. The maximum atomic E-state index is 13.6. The van der Waals surface area contributed by atoms with Crippen molar-refractivity contribution in [1.82, 2.24) is 24.4 Å². The first-order chi connectivity index (χ1) is 19.1.